The zero-order valence-corrected chi connectivity index (χ0v) is 12.6. The van der Waals surface area contributed by atoms with E-state index in [0.717, 1.165) is 33.2 Å². The maximum Gasteiger partial charge on any atom is 0.162 e. The number of aromatic amines is 1. The molecule has 2 aromatic carbocycles. The molecule has 1 aromatic heterocycles. The van der Waals surface area contributed by atoms with Crippen LogP contribution in [0.3, 0.4) is 0 Å². The fraction of sp³-hybridized carbons (Fsp3) is 0.211. The summed E-state index contributed by atoms with van der Waals surface area (Å²) in [6.45, 7) is 2.02. The molecule has 1 heterocycles. The van der Waals surface area contributed by atoms with Gasteiger partial charge >= 0.3 is 0 Å². The molecule has 3 aromatic rings. The number of aromatic nitrogens is 1. The van der Waals surface area contributed by atoms with Crippen molar-refractivity contribution < 1.29 is 9.90 Å². The Kier molecular flexibility index (Phi) is 4.07. The van der Waals surface area contributed by atoms with Crippen LogP contribution in [0.1, 0.15) is 29.3 Å². The third-order valence-electron chi connectivity index (χ3n) is 3.96. The molecule has 0 bridgehead atoms. The van der Waals surface area contributed by atoms with Crippen LogP contribution >= 0.6 is 0 Å². The van der Waals surface area contributed by atoms with Crippen molar-refractivity contribution in [1.29, 1.82) is 0 Å². The molecule has 22 heavy (non-hydrogen) atoms. The van der Waals surface area contributed by atoms with E-state index in [-0.39, 0.29) is 12.4 Å². The maximum atomic E-state index is 11.9. The van der Waals surface area contributed by atoms with Crippen LogP contribution < -0.4 is 0 Å². The topological polar surface area (TPSA) is 53.1 Å². The molecule has 3 heteroatoms. The van der Waals surface area contributed by atoms with Gasteiger partial charge in [0.1, 0.15) is 0 Å². The third kappa shape index (κ3) is 2.68. The van der Waals surface area contributed by atoms with Crippen LogP contribution in [-0.4, -0.2) is 22.5 Å². The summed E-state index contributed by atoms with van der Waals surface area (Å²) in [5.74, 6) is 0.155. The number of ketones is 1. The number of carbonyl (C=O) groups is 1. The van der Waals surface area contributed by atoms with E-state index in [1.54, 1.807) is 0 Å². The van der Waals surface area contributed by atoms with E-state index < -0.39 is 0 Å². The van der Waals surface area contributed by atoms with Crippen LogP contribution in [0, 0.1) is 0 Å². The van der Waals surface area contributed by atoms with Crippen LogP contribution in [0.4, 0.5) is 0 Å². The number of hydrogen-bond acceptors (Lipinski definition) is 2. The number of benzene rings is 2. The van der Waals surface area contributed by atoms with Crippen LogP contribution in [0.15, 0.2) is 48.7 Å². The van der Waals surface area contributed by atoms with Crippen molar-refractivity contribution in [1.82, 2.24) is 4.98 Å². The van der Waals surface area contributed by atoms with E-state index in [1.807, 2.05) is 49.5 Å². The second-order valence-electron chi connectivity index (χ2n) is 5.41. The van der Waals surface area contributed by atoms with Crippen molar-refractivity contribution >= 4 is 16.7 Å². The van der Waals surface area contributed by atoms with Gasteiger partial charge in [0.25, 0.3) is 0 Å². The predicted molar refractivity (Wildman–Crippen MR) is 89.1 cm³/mol. The van der Waals surface area contributed by atoms with E-state index in [0.29, 0.717) is 12.8 Å². The monoisotopic (exact) mass is 293 g/mol. The minimum atomic E-state index is 0.145. The van der Waals surface area contributed by atoms with Gasteiger partial charge in [-0.15, -0.1) is 0 Å². The summed E-state index contributed by atoms with van der Waals surface area (Å²) >= 11 is 0. The van der Waals surface area contributed by atoms with E-state index >= 15 is 0 Å². The van der Waals surface area contributed by atoms with Crippen molar-refractivity contribution in [2.75, 3.05) is 6.61 Å². The molecule has 2 N–H and O–H groups in total. The Bertz CT molecular complexity index is 817. The highest BCUT2D eigenvalue weighted by Crippen LogP contribution is 2.30. The minimum Gasteiger partial charge on any atom is -0.396 e. The summed E-state index contributed by atoms with van der Waals surface area (Å²) in [6.07, 6.45) is 3.13. The van der Waals surface area contributed by atoms with Gasteiger partial charge in [-0.1, -0.05) is 31.2 Å². The Morgan fingerprint density at radius 2 is 2.05 bits per heavy atom. The Morgan fingerprint density at radius 1 is 1.18 bits per heavy atom. The molecule has 0 saturated carbocycles. The fourth-order valence-electron chi connectivity index (χ4n) is 2.76. The Labute approximate surface area is 129 Å². The number of H-pyrrole nitrogens is 1. The number of hydrogen-bond donors (Lipinski definition) is 2. The van der Waals surface area contributed by atoms with E-state index in [1.165, 1.54) is 0 Å². The minimum absolute atomic E-state index is 0.145. The maximum absolute atomic E-state index is 11.9. The van der Waals surface area contributed by atoms with Crippen LogP contribution in [-0.2, 0) is 6.42 Å². The SMILES string of the molecule is CCC(=O)c1cccc(-c2c[nH]c3ccc(CCO)cc23)c1. The average molecular weight is 293 g/mol. The highest BCUT2D eigenvalue weighted by atomic mass is 16.2. The largest absolute Gasteiger partial charge is 0.396 e. The van der Waals surface area contributed by atoms with Gasteiger partial charge in [-0.3, -0.25) is 4.79 Å². The second kappa shape index (κ2) is 6.16. The Balaban J connectivity index is 2.09. The van der Waals surface area contributed by atoms with E-state index in [4.69, 9.17) is 5.11 Å². The van der Waals surface area contributed by atoms with Gasteiger partial charge in [0.2, 0.25) is 0 Å². The molecule has 0 amide bonds. The van der Waals surface area contributed by atoms with Gasteiger partial charge in [0.15, 0.2) is 5.78 Å². The molecule has 0 atom stereocenters. The number of rotatable bonds is 5. The summed E-state index contributed by atoms with van der Waals surface area (Å²) in [6, 6.07) is 13.9. The number of fused-ring (bicyclic) bond motifs is 1. The lowest BCUT2D eigenvalue weighted by Crippen LogP contribution is -1.96. The zero-order valence-electron chi connectivity index (χ0n) is 12.6. The number of carbonyl (C=O) groups excluding carboxylic acids is 1. The Morgan fingerprint density at radius 3 is 2.82 bits per heavy atom. The zero-order chi connectivity index (χ0) is 15.5. The van der Waals surface area contributed by atoms with Crippen molar-refractivity contribution in [3.8, 4) is 11.1 Å². The molecule has 3 rings (SSSR count). The quantitative estimate of drug-likeness (QED) is 0.699. The molecule has 0 aliphatic carbocycles. The molecule has 112 valence electrons. The lowest BCUT2D eigenvalue weighted by molar-refractivity contribution is 0.0988. The highest BCUT2D eigenvalue weighted by Gasteiger charge is 2.09. The van der Waals surface area contributed by atoms with Gasteiger partial charge in [0, 0.05) is 41.3 Å². The van der Waals surface area contributed by atoms with Gasteiger partial charge in [-0.05, 0) is 35.7 Å². The molecular weight excluding hydrogens is 274 g/mol. The first-order valence-electron chi connectivity index (χ1n) is 7.57. The summed E-state index contributed by atoms with van der Waals surface area (Å²) in [4.78, 5) is 15.2. The predicted octanol–water partition coefficient (Wildman–Crippen LogP) is 3.96. The number of nitrogens with one attached hydrogen (secondary N) is 1. The third-order valence-corrected chi connectivity index (χ3v) is 3.96. The van der Waals surface area contributed by atoms with Crippen LogP contribution in [0.25, 0.3) is 22.0 Å². The molecule has 0 aliphatic heterocycles. The van der Waals surface area contributed by atoms with Gasteiger partial charge < -0.3 is 10.1 Å². The van der Waals surface area contributed by atoms with Crippen molar-refractivity contribution in [3.05, 3.63) is 59.8 Å². The molecule has 0 unspecified atom stereocenters. The van der Waals surface area contributed by atoms with Gasteiger partial charge in [-0.2, -0.15) is 0 Å². The van der Waals surface area contributed by atoms with E-state index in [9.17, 15) is 4.79 Å². The molecular formula is C19H19NO2. The Hall–Kier alpha value is -2.39. The highest BCUT2D eigenvalue weighted by molar-refractivity contribution is 6.00. The number of Topliss-reactive ketones (excluding diaryl/α,β-unsaturated/α-hetero) is 1. The van der Waals surface area contributed by atoms with Crippen molar-refractivity contribution in [2.45, 2.75) is 19.8 Å². The first-order chi connectivity index (χ1) is 10.7. The van der Waals surface area contributed by atoms with Crippen LogP contribution in [0.2, 0.25) is 0 Å². The first kappa shape index (κ1) is 14.5. The first-order valence-corrected chi connectivity index (χ1v) is 7.57. The summed E-state index contributed by atoms with van der Waals surface area (Å²) in [5, 5.41) is 10.2. The second-order valence-corrected chi connectivity index (χ2v) is 5.41. The fourth-order valence-corrected chi connectivity index (χ4v) is 2.76. The number of aliphatic hydroxyl groups excluding tert-OH is 1. The summed E-state index contributed by atoms with van der Waals surface area (Å²) in [7, 11) is 0. The van der Waals surface area contributed by atoms with E-state index in [2.05, 4.69) is 11.1 Å². The lowest BCUT2D eigenvalue weighted by Gasteiger charge is -2.04. The number of aliphatic hydroxyl groups is 1. The van der Waals surface area contributed by atoms with Gasteiger partial charge in [0.05, 0.1) is 0 Å². The summed E-state index contributed by atoms with van der Waals surface area (Å²) < 4.78 is 0. The standard InChI is InChI=1S/C19H19NO2/c1-2-19(22)15-5-3-4-14(11-15)17-12-20-18-7-6-13(8-9-21)10-16(17)18/h3-7,10-12,20-21H,2,8-9H2,1H3. The van der Waals surface area contributed by atoms with Gasteiger partial charge in [-0.25, -0.2) is 0 Å². The normalized spacial score (nSPS) is 11.0. The summed E-state index contributed by atoms with van der Waals surface area (Å²) in [5.41, 5.74) is 5.04. The van der Waals surface area contributed by atoms with Crippen molar-refractivity contribution in [3.63, 3.8) is 0 Å². The van der Waals surface area contributed by atoms with Crippen LogP contribution in [0.5, 0.6) is 0 Å². The molecule has 0 saturated heterocycles. The molecule has 3 nitrogen and oxygen atoms in total. The molecule has 0 fully saturated rings. The average Bonchev–Trinajstić information content (AvgIpc) is 2.98. The lowest BCUT2D eigenvalue weighted by atomic mass is 9.99. The smallest absolute Gasteiger partial charge is 0.162 e. The molecule has 0 radical (unpaired) electrons. The van der Waals surface area contributed by atoms with Crippen molar-refractivity contribution in [2.24, 2.45) is 0 Å². The molecule has 0 aliphatic rings. The molecule has 0 spiro atoms.